The number of rotatable bonds is 36. The molecule has 0 amide bonds. The zero-order chi connectivity index (χ0) is 39.0. The van der Waals surface area contributed by atoms with Gasteiger partial charge in [-0.15, -0.1) is 0 Å². The summed E-state index contributed by atoms with van der Waals surface area (Å²) in [5, 5.41) is 18.3. The summed E-state index contributed by atoms with van der Waals surface area (Å²) in [5.41, 5.74) is 0. The maximum atomic E-state index is 12.6. The van der Waals surface area contributed by atoms with Crippen molar-refractivity contribution >= 4 is 19.8 Å². The van der Waals surface area contributed by atoms with Crippen molar-refractivity contribution in [1.29, 1.82) is 0 Å². The lowest BCUT2D eigenvalue weighted by Crippen LogP contribution is -2.29. The Bertz CT molecular complexity index is 1060. The normalized spacial score (nSPS) is 18.8. The van der Waals surface area contributed by atoms with Gasteiger partial charge in [-0.1, -0.05) is 134 Å². The van der Waals surface area contributed by atoms with Crippen LogP contribution >= 0.6 is 7.82 Å². The first-order valence-electron chi connectivity index (χ1n) is 20.5. The van der Waals surface area contributed by atoms with Gasteiger partial charge in [0.1, 0.15) is 12.7 Å². The SMILES string of the molecule is CCCCCC1OC1C/C=C\C/C=C\C/C=C\CCCC(=O)O[C@H](COC(=O)CCCCCCCCCCC(C)CC)COP(=O)(O)OC[C@@H](O)CO. The number of unbranched alkanes of at least 4 members (excludes halogenated alkanes) is 10. The molecule has 1 heterocycles. The van der Waals surface area contributed by atoms with Crippen LogP contribution in [0.25, 0.3) is 0 Å². The molecule has 0 aromatic rings. The van der Waals surface area contributed by atoms with Gasteiger partial charge in [0.15, 0.2) is 6.10 Å². The first-order valence-corrected chi connectivity index (χ1v) is 22.0. The number of hydrogen-bond donors (Lipinski definition) is 3. The van der Waals surface area contributed by atoms with Gasteiger partial charge in [0, 0.05) is 12.8 Å². The van der Waals surface area contributed by atoms with Crippen molar-refractivity contribution in [2.45, 2.75) is 180 Å². The molecule has 12 heteroatoms. The summed E-state index contributed by atoms with van der Waals surface area (Å²) in [4.78, 5) is 34.9. The number of carbonyl (C=O) groups is 2. The minimum atomic E-state index is -4.63. The molecule has 1 rings (SSSR count). The molecule has 6 atom stereocenters. The summed E-state index contributed by atoms with van der Waals surface area (Å²) >= 11 is 0. The quantitative estimate of drug-likeness (QED) is 0.0183. The smallest absolute Gasteiger partial charge is 0.462 e. The summed E-state index contributed by atoms with van der Waals surface area (Å²) in [6, 6.07) is 0. The van der Waals surface area contributed by atoms with Gasteiger partial charge in [0.25, 0.3) is 0 Å². The Morgan fingerprint density at radius 3 is 2.06 bits per heavy atom. The fraction of sp³-hybridized carbons (Fsp3) is 0.805. The van der Waals surface area contributed by atoms with Crippen LogP contribution in [-0.2, 0) is 37.4 Å². The highest BCUT2D eigenvalue weighted by molar-refractivity contribution is 7.47. The molecule has 53 heavy (non-hydrogen) atoms. The summed E-state index contributed by atoms with van der Waals surface area (Å²) in [6.07, 6.45) is 31.6. The van der Waals surface area contributed by atoms with Crippen molar-refractivity contribution in [2.24, 2.45) is 5.92 Å². The highest BCUT2D eigenvalue weighted by Gasteiger charge is 2.36. The van der Waals surface area contributed by atoms with Gasteiger partial charge >= 0.3 is 19.8 Å². The molecule has 1 aliphatic rings. The van der Waals surface area contributed by atoms with Gasteiger partial charge in [0.2, 0.25) is 0 Å². The molecular weight excluding hydrogens is 699 g/mol. The van der Waals surface area contributed by atoms with Crippen molar-refractivity contribution < 1.29 is 52.5 Å². The van der Waals surface area contributed by atoms with Crippen molar-refractivity contribution in [3.05, 3.63) is 36.5 Å². The van der Waals surface area contributed by atoms with Crippen LogP contribution in [0.5, 0.6) is 0 Å². The predicted octanol–water partition coefficient (Wildman–Crippen LogP) is 9.23. The minimum absolute atomic E-state index is 0.105. The highest BCUT2D eigenvalue weighted by Crippen LogP contribution is 2.43. The number of carbonyl (C=O) groups excluding carboxylic acids is 2. The second-order valence-electron chi connectivity index (χ2n) is 14.3. The second-order valence-corrected chi connectivity index (χ2v) is 15.7. The summed E-state index contributed by atoms with van der Waals surface area (Å²) < 4.78 is 38.3. The summed E-state index contributed by atoms with van der Waals surface area (Å²) in [6.45, 7) is 4.58. The lowest BCUT2D eigenvalue weighted by atomic mass is 9.99. The molecule has 0 radical (unpaired) electrons. The number of ether oxygens (including phenoxy) is 3. The zero-order valence-corrected chi connectivity index (χ0v) is 34.0. The number of esters is 2. The van der Waals surface area contributed by atoms with Crippen LogP contribution in [0.2, 0.25) is 0 Å². The van der Waals surface area contributed by atoms with Crippen LogP contribution in [0.15, 0.2) is 36.5 Å². The van der Waals surface area contributed by atoms with Crippen LogP contribution in [0, 0.1) is 5.92 Å². The number of allylic oxidation sites excluding steroid dienone is 5. The molecule has 0 aromatic heterocycles. The van der Waals surface area contributed by atoms with E-state index in [1.807, 2.05) is 12.2 Å². The van der Waals surface area contributed by atoms with E-state index in [4.69, 9.17) is 23.8 Å². The van der Waals surface area contributed by atoms with Gasteiger partial charge in [-0.25, -0.2) is 4.57 Å². The summed E-state index contributed by atoms with van der Waals surface area (Å²) in [5.74, 6) is -0.189. The Morgan fingerprint density at radius 1 is 0.755 bits per heavy atom. The first kappa shape index (κ1) is 49.2. The van der Waals surface area contributed by atoms with Gasteiger partial charge in [-0.2, -0.15) is 0 Å². The fourth-order valence-corrected chi connectivity index (χ4v) is 6.37. The van der Waals surface area contributed by atoms with Gasteiger partial charge in [-0.3, -0.25) is 18.6 Å². The van der Waals surface area contributed by atoms with Crippen LogP contribution in [-0.4, -0.2) is 77.9 Å². The molecule has 0 aromatic carbocycles. The molecule has 0 saturated carbocycles. The van der Waals surface area contributed by atoms with E-state index in [1.54, 1.807) is 0 Å². The zero-order valence-electron chi connectivity index (χ0n) is 33.1. The second kappa shape index (κ2) is 32.4. The Kier molecular flexibility index (Phi) is 30.1. The van der Waals surface area contributed by atoms with Crippen molar-refractivity contribution in [2.75, 3.05) is 26.4 Å². The van der Waals surface area contributed by atoms with Gasteiger partial charge in [-0.05, 0) is 50.9 Å². The van der Waals surface area contributed by atoms with E-state index < -0.39 is 51.8 Å². The van der Waals surface area contributed by atoms with E-state index in [-0.39, 0.29) is 19.4 Å². The van der Waals surface area contributed by atoms with Crippen LogP contribution in [0.1, 0.15) is 156 Å². The Balaban J connectivity index is 2.32. The van der Waals surface area contributed by atoms with E-state index in [2.05, 4.69) is 49.6 Å². The topological polar surface area (TPSA) is 161 Å². The largest absolute Gasteiger partial charge is 0.472 e. The lowest BCUT2D eigenvalue weighted by molar-refractivity contribution is -0.161. The van der Waals surface area contributed by atoms with Gasteiger partial charge in [0.05, 0.1) is 32.0 Å². The number of epoxide rings is 1. The number of aliphatic hydroxyl groups is 2. The van der Waals surface area contributed by atoms with Crippen LogP contribution in [0.3, 0.4) is 0 Å². The number of aliphatic hydroxyl groups excluding tert-OH is 2. The molecule has 11 nitrogen and oxygen atoms in total. The van der Waals surface area contributed by atoms with E-state index in [1.165, 1.54) is 64.2 Å². The summed E-state index contributed by atoms with van der Waals surface area (Å²) in [7, 11) is -4.63. The number of phosphoric acid groups is 1. The monoisotopic (exact) mass is 772 g/mol. The van der Waals surface area contributed by atoms with Crippen molar-refractivity contribution in [1.82, 2.24) is 0 Å². The first-order chi connectivity index (χ1) is 25.6. The third-order valence-electron chi connectivity index (χ3n) is 9.26. The Morgan fingerprint density at radius 2 is 1.38 bits per heavy atom. The van der Waals surface area contributed by atoms with E-state index >= 15 is 0 Å². The molecule has 4 unspecified atom stereocenters. The number of phosphoric ester groups is 1. The molecule has 1 fully saturated rings. The molecule has 0 spiro atoms. The van der Waals surface area contributed by atoms with Crippen LogP contribution in [0.4, 0.5) is 0 Å². The third-order valence-corrected chi connectivity index (χ3v) is 10.2. The minimum Gasteiger partial charge on any atom is -0.462 e. The Hall–Kier alpha value is -1.85. The molecule has 308 valence electrons. The molecule has 3 N–H and O–H groups in total. The highest BCUT2D eigenvalue weighted by atomic mass is 31.2. The molecule has 0 bridgehead atoms. The van der Waals surface area contributed by atoms with Crippen molar-refractivity contribution in [3.8, 4) is 0 Å². The average molecular weight is 773 g/mol. The van der Waals surface area contributed by atoms with Crippen molar-refractivity contribution in [3.63, 3.8) is 0 Å². The van der Waals surface area contributed by atoms with Crippen LogP contribution < -0.4 is 0 Å². The lowest BCUT2D eigenvalue weighted by Gasteiger charge is -2.20. The standard InChI is InChI=1S/C41H73O11P/c1-4-6-21-27-38-39(52-38)28-23-18-14-9-7-8-10-16-20-25-30-41(45)51-37(34-50-53(46,47)49-32-36(43)31-42)33-48-40(44)29-24-19-15-12-11-13-17-22-26-35(3)5-2/h7,9-10,16,18,23,35-39,42-43H,4-6,8,11-15,17,19-22,24-34H2,1-3H3,(H,46,47)/b9-7-,16-10-,23-18-/t35?,36-,37+,38?,39?/m0/s1. The fourth-order valence-electron chi connectivity index (χ4n) is 5.58. The van der Waals surface area contributed by atoms with E-state index in [0.717, 1.165) is 44.4 Å². The molecule has 1 saturated heterocycles. The average Bonchev–Trinajstić information content (AvgIpc) is 3.90. The molecule has 0 aliphatic carbocycles. The predicted molar refractivity (Wildman–Crippen MR) is 209 cm³/mol. The van der Waals surface area contributed by atoms with E-state index in [9.17, 15) is 24.2 Å². The Labute approximate surface area is 320 Å². The number of hydrogen-bond acceptors (Lipinski definition) is 10. The third kappa shape index (κ3) is 30.1. The molecule has 1 aliphatic heterocycles. The van der Waals surface area contributed by atoms with E-state index in [0.29, 0.717) is 31.5 Å². The van der Waals surface area contributed by atoms with Gasteiger partial charge < -0.3 is 29.3 Å². The maximum Gasteiger partial charge on any atom is 0.472 e. The molecular formula is C41H73O11P. The maximum absolute atomic E-state index is 12.6.